The van der Waals surface area contributed by atoms with E-state index in [1.165, 1.54) is 0 Å². The Labute approximate surface area is 125 Å². The topological polar surface area (TPSA) is 81.3 Å². The van der Waals surface area contributed by atoms with Gasteiger partial charge in [0.2, 0.25) is 0 Å². The summed E-state index contributed by atoms with van der Waals surface area (Å²) in [6.07, 6.45) is 2.46. The molecule has 0 atom stereocenters. The monoisotopic (exact) mass is 290 g/mol. The number of hydrogen-bond donors (Lipinski definition) is 1. The Balaban J connectivity index is 2.07. The van der Waals surface area contributed by atoms with Gasteiger partial charge in [0.25, 0.3) is 0 Å². The second kappa shape index (κ2) is 5.71. The highest BCUT2D eigenvalue weighted by atomic mass is 16.6. The molecule has 2 rings (SSSR count). The number of nitrogens with zero attached hydrogens (tertiary/aromatic N) is 3. The van der Waals surface area contributed by atoms with E-state index in [2.05, 4.69) is 10.2 Å². The van der Waals surface area contributed by atoms with Gasteiger partial charge < -0.3 is 15.4 Å². The number of aromatic nitrogens is 2. The molecule has 0 radical (unpaired) electrons. The van der Waals surface area contributed by atoms with Crippen LogP contribution >= 0.6 is 0 Å². The third-order valence-corrected chi connectivity index (χ3v) is 3.17. The fourth-order valence-corrected chi connectivity index (χ4v) is 2.20. The number of aryl methyl sites for hydroxylation is 1. The summed E-state index contributed by atoms with van der Waals surface area (Å²) in [5, 5.41) is 8.05. The Hall–Kier alpha value is -2.11. The molecule has 114 valence electrons. The minimum Gasteiger partial charge on any atom is -0.444 e. The summed E-state index contributed by atoms with van der Waals surface area (Å²) < 4.78 is 5.37. The molecule has 1 aromatic heterocycles. The third kappa shape index (κ3) is 3.93. The van der Waals surface area contributed by atoms with Crippen LogP contribution in [0, 0.1) is 6.92 Å². The van der Waals surface area contributed by atoms with E-state index in [4.69, 9.17) is 10.5 Å². The summed E-state index contributed by atoms with van der Waals surface area (Å²) in [5.74, 6) is 0.419. The Bertz CT molecular complexity index is 576. The minimum absolute atomic E-state index is 0.280. The van der Waals surface area contributed by atoms with Crippen molar-refractivity contribution >= 4 is 17.5 Å². The Morgan fingerprint density at radius 3 is 2.62 bits per heavy atom. The van der Waals surface area contributed by atoms with Crippen LogP contribution in [-0.2, 0) is 4.74 Å². The number of nitrogens with two attached hydrogens (primary N) is 1. The van der Waals surface area contributed by atoms with Crippen LogP contribution in [0.5, 0.6) is 0 Å². The highest BCUT2D eigenvalue weighted by molar-refractivity contribution is 5.72. The smallest absolute Gasteiger partial charge is 0.410 e. The largest absolute Gasteiger partial charge is 0.444 e. The molecule has 1 aliphatic heterocycles. The molecule has 1 amide bonds. The normalized spacial score (nSPS) is 15.6. The average molecular weight is 290 g/mol. The molecule has 2 heterocycles. The van der Waals surface area contributed by atoms with Crippen molar-refractivity contribution in [3.63, 3.8) is 0 Å². The molecule has 1 aliphatic rings. The van der Waals surface area contributed by atoms with Crippen molar-refractivity contribution in [1.82, 2.24) is 15.1 Å². The zero-order valence-electron chi connectivity index (χ0n) is 13.0. The van der Waals surface area contributed by atoms with Crippen LogP contribution in [0.2, 0.25) is 0 Å². The Morgan fingerprint density at radius 1 is 1.38 bits per heavy atom. The van der Waals surface area contributed by atoms with Crippen molar-refractivity contribution in [2.45, 2.75) is 39.7 Å². The van der Waals surface area contributed by atoms with Gasteiger partial charge in [-0.2, -0.15) is 0 Å². The second-order valence-electron chi connectivity index (χ2n) is 6.21. The van der Waals surface area contributed by atoms with Crippen molar-refractivity contribution in [3.05, 3.63) is 23.4 Å². The standard InChI is InChI=1S/C15H22N4O2/c1-10-9-12(16)17-18-13(10)11-5-7-19(8-6-11)14(20)21-15(2,3)4/h5,9H,6-8H2,1-4H3,(H2,16,17). The lowest BCUT2D eigenvalue weighted by Crippen LogP contribution is -2.39. The molecule has 0 aliphatic carbocycles. The predicted molar refractivity (Wildman–Crippen MR) is 81.6 cm³/mol. The van der Waals surface area contributed by atoms with E-state index < -0.39 is 5.60 Å². The van der Waals surface area contributed by atoms with Gasteiger partial charge in [0.1, 0.15) is 11.4 Å². The molecule has 21 heavy (non-hydrogen) atoms. The molecule has 0 saturated heterocycles. The van der Waals surface area contributed by atoms with E-state index in [9.17, 15) is 4.79 Å². The SMILES string of the molecule is Cc1cc(N)nnc1C1=CCN(C(=O)OC(C)(C)C)CC1. The molecular weight excluding hydrogens is 268 g/mol. The third-order valence-electron chi connectivity index (χ3n) is 3.17. The lowest BCUT2D eigenvalue weighted by atomic mass is 10.0. The summed E-state index contributed by atoms with van der Waals surface area (Å²) >= 11 is 0. The summed E-state index contributed by atoms with van der Waals surface area (Å²) in [6.45, 7) is 8.69. The van der Waals surface area contributed by atoms with Gasteiger partial charge in [0.15, 0.2) is 0 Å². The number of nitrogen functional groups attached to an aromatic ring is 1. The maximum Gasteiger partial charge on any atom is 0.410 e. The van der Waals surface area contributed by atoms with E-state index >= 15 is 0 Å². The zero-order chi connectivity index (χ0) is 15.6. The maximum atomic E-state index is 12.0. The molecule has 2 N–H and O–H groups in total. The number of anilines is 1. The average Bonchev–Trinajstić information content (AvgIpc) is 2.37. The number of hydrogen-bond acceptors (Lipinski definition) is 5. The summed E-state index contributed by atoms with van der Waals surface area (Å²) in [7, 11) is 0. The minimum atomic E-state index is -0.472. The van der Waals surface area contributed by atoms with Crippen LogP contribution in [-0.4, -0.2) is 39.9 Å². The fraction of sp³-hybridized carbons (Fsp3) is 0.533. The molecule has 0 bridgehead atoms. The van der Waals surface area contributed by atoms with Gasteiger partial charge in [-0.15, -0.1) is 10.2 Å². The van der Waals surface area contributed by atoms with Gasteiger partial charge in [0, 0.05) is 13.1 Å². The Morgan fingerprint density at radius 2 is 2.10 bits per heavy atom. The van der Waals surface area contributed by atoms with Crippen LogP contribution < -0.4 is 5.73 Å². The van der Waals surface area contributed by atoms with Crippen LogP contribution in [0.15, 0.2) is 12.1 Å². The van der Waals surface area contributed by atoms with Crippen molar-refractivity contribution in [1.29, 1.82) is 0 Å². The molecule has 0 saturated carbocycles. The Kier molecular flexibility index (Phi) is 4.16. The first kappa shape index (κ1) is 15.3. The van der Waals surface area contributed by atoms with Gasteiger partial charge in [-0.3, -0.25) is 0 Å². The van der Waals surface area contributed by atoms with Crippen molar-refractivity contribution in [2.24, 2.45) is 0 Å². The predicted octanol–water partition coefficient (Wildman–Crippen LogP) is 2.39. The first-order valence-electron chi connectivity index (χ1n) is 7.03. The number of carbonyl (C=O) groups excluding carboxylic acids is 1. The number of rotatable bonds is 1. The van der Waals surface area contributed by atoms with E-state index in [-0.39, 0.29) is 6.09 Å². The lowest BCUT2D eigenvalue weighted by Gasteiger charge is -2.29. The second-order valence-corrected chi connectivity index (χ2v) is 6.21. The molecule has 0 aromatic carbocycles. The van der Waals surface area contributed by atoms with Gasteiger partial charge in [-0.1, -0.05) is 6.08 Å². The van der Waals surface area contributed by atoms with Crippen molar-refractivity contribution in [2.75, 3.05) is 18.8 Å². The van der Waals surface area contributed by atoms with E-state index in [0.29, 0.717) is 18.9 Å². The fourth-order valence-electron chi connectivity index (χ4n) is 2.20. The summed E-state index contributed by atoms with van der Waals surface area (Å²) in [5.41, 5.74) is 8.09. The van der Waals surface area contributed by atoms with Crippen LogP contribution in [0.1, 0.15) is 38.4 Å². The molecule has 0 unspecified atom stereocenters. The molecule has 6 nitrogen and oxygen atoms in total. The van der Waals surface area contributed by atoms with E-state index in [0.717, 1.165) is 23.3 Å². The molecule has 0 fully saturated rings. The highest BCUT2D eigenvalue weighted by Gasteiger charge is 2.24. The van der Waals surface area contributed by atoms with Gasteiger partial charge in [-0.25, -0.2) is 4.79 Å². The van der Waals surface area contributed by atoms with E-state index in [1.54, 1.807) is 4.90 Å². The van der Waals surface area contributed by atoms with Gasteiger partial charge in [0.05, 0.1) is 5.69 Å². The van der Waals surface area contributed by atoms with Crippen LogP contribution in [0.25, 0.3) is 5.57 Å². The molecule has 6 heteroatoms. The van der Waals surface area contributed by atoms with Crippen molar-refractivity contribution < 1.29 is 9.53 Å². The lowest BCUT2D eigenvalue weighted by molar-refractivity contribution is 0.0270. The van der Waals surface area contributed by atoms with Crippen LogP contribution in [0.4, 0.5) is 10.6 Å². The zero-order valence-corrected chi connectivity index (χ0v) is 13.0. The summed E-state index contributed by atoms with van der Waals surface area (Å²) in [6, 6.07) is 1.81. The maximum absolute atomic E-state index is 12.0. The quantitative estimate of drug-likeness (QED) is 0.858. The number of ether oxygens (including phenoxy) is 1. The van der Waals surface area contributed by atoms with Crippen LogP contribution in [0.3, 0.4) is 0 Å². The first-order valence-corrected chi connectivity index (χ1v) is 7.03. The molecule has 1 aromatic rings. The summed E-state index contributed by atoms with van der Waals surface area (Å²) in [4.78, 5) is 13.7. The first-order chi connectivity index (χ1) is 9.76. The number of amides is 1. The van der Waals surface area contributed by atoms with Crippen molar-refractivity contribution in [3.8, 4) is 0 Å². The molecule has 0 spiro atoms. The van der Waals surface area contributed by atoms with Gasteiger partial charge in [-0.05, 0) is 51.3 Å². The van der Waals surface area contributed by atoms with Gasteiger partial charge >= 0.3 is 6.09 Å². The van der Waals surface area contributed by atoms with E-state index in [1.807, 2.05) is 39.8 Å². The number of carbonyl (C=O) groups is 1. The highest BCUT2D eigenvalue weighted by Crippen LogP contribution is 2.24. The molecular formula is C15H22N4O2.